The fraction of sp³-hybridized carbons (Fsp3) is 0.357. The third-order valence-electron chi connectivity index (χ3n) is 2.62. The number of carbonyl (C=O) groups is 1. The molecule has 0 atom stereocenters. The topological polar surface area (TPSA) is 35.5 Å². The summed E-state index contributed by atoms with van der Waals surface area (Å²) in [6, 6.07) is 5.24. The van der Waals surface area contributed by atoms with E-state index in [1.165, 1.54) is 7.11 Å². The molecule has 0 aromatic heterocycles. The lowest BCUT2D eigenvalue weighted by molar-refractivity contribution is 0.0600. The summed E-state index contributed by atoms with van der Waals surface area (Å²) < 4.78 is 9.82. The minimum absolute atomic E-state index is 0.385. The maximum Gasteiger partial charge on any atom is 0.339 e. The zero-order chi connectivity index (χ0) is 12.3. The molecule has 0 unspecified atom stereocenters. The highest BCUT2D eigenvalue weighted by Crippen LogP contribution is 2.28. The second-order valence-corrected chi connectivity index (χ2v) is 3.95. The molecular formula is C14H14O3. The van der Waals surface area contributed by atoms with Crippen molar-refractivity contribution in [2.75, 3.05) is 14.2 Å². The molecule has 1 saturated carbocycles. The average molecular weight is 230 g/mol. The van der Waals surface area contributed by atoms with Gasteiger partial charge in [0.05, 0.1) is 19.8 Å². The first-order valence-electron chi connectivity index (χ1n) is 5.52. The van der Waals surface area contributed by atoms with Crippen molar-refractivity contribution in [3.8, 4) is 17.6 Å². The van der Waals surface area contributed by atoms with Gasteiger partial charge in [-0.05, 0) is 31.0 Å². The van der Waals surface area contributed by atoms with Gasteiger partial charge in [-0.15, -0.1) is 0 Å². The van der Waals surface area contributed by atoms with Crippen molar-refractivity contribution in [2.24, 2.45) is 5.92 Å². The van der Waals surface area contributed by atoms with E-state index in [-0.39, 0.29) is 5.97 Å². The number of benzene rings is 1. The molecule has 1 fully saturated rings. The summed E-state index contributed by atoms with van der Waals surface area (Å²) in [6.07, 6.45) is 2.33. The summed E-state index contributed by atoms with van der Waals surface area (Å²) in [5.41, 5.74) is 1.16. The van der Waals surface area contributed by atoms with Gasteiger partial charge in [0.25, 0.3) is 0 Å². The second kappa shape index (κ2) is 4.92. The molecule has 17 heavy (non-hydrogen) atoms. The molecule has 0 radical (unpaired) electrons. The van der Waals surface area contributed by atoms with Gasteiger partial charge in [0.15, 0.2) is 0 Å². The highest BCUT2D eigenvalue weighted by atomic mass is 16.5. The zero-order valence-electron chi connectivity index (χ0n) is 9.95. The van der Waals surface area contributed by atoms with E-state index >= 15 is 0 Å². The largest absolute Gasteiger partial charge is 0.497 e. The molecule has 0 amide bonds. The van der Waals surface area contributed by atoms with Crippen molar-refractivity contribution in [2.45, 2.75) is 12.8 Å². The number of methoxy groups -OCH3 is 2. The lowest BCUT2D eigenvalue weighted by Crippen LogP contribution is -2.04. The van der Waals surface area contributed by atoms with E-state index in [9.17, 15) is 4.79 Å². The van der Waals surface area contributed by atoms with Gasteiger partial charge in [0, 0.05) is 11.5 Å². The Morgan fingerprint density at radius 2 is 2.12 bits per heavy atom. The Labute approximate surface area is 101 Å². The van der Waals surface area contributed by atoms with E-state index in [2.05, 4.69) is 11.8 Å². The van der Waals surface area contributed by atoms with Crippen LogP contribution in [-0.2, 0) is 4.74 Å². The van der Waals surface area contributed by atoms with E-state index in [0.29, 0.717) is 22.8 Å². The predicted octanol–water partition coefficient (Wildman–Crippen LogP) is 2.24. The van der Waals surface area contributed by atoms with Gasteiger partial charge >= 0.3 is 5.97 Å². The molecule has 1 aliphatic rings. The highest BCUT2D eigenvalue weighted by Gasteiger charge is 2.18. The van der Waals surface area contributed by atoms with Crippen LogP contribution in [0.15, 0.2) is 18.2 Å². The Morgan fingerprint density at radius 3 is 2.71 bits per heavy atom. The van der Waals surface area contributed by atoms with Gasteiger partial charge in [-0.1, -0.05) is 11.8 Å². The normalized spacial score (nSPS) is 13.5. The van der Waals surface area contributed by atoms with Gasteiger partial charge in [0.1, 0.15) is 5.75 Å². The van der Waals surface area contributed by atoms with Gasteiger partial charge < -0.3 is 9.47 Å². The van der Waals surface area contributed by atoms with Crippen molar-refractivity contribution in [1.82, 2.24) is 0 Å². The fourth-order valence-electron chi connectivity index (χ4n) is 1.45. The van der Waals surface area contributed by atoms with Crippen LogP contribution in [0.5, 0.6) is 5.75 Å². The van der Waals surface area contributed by atoms with Crippen LogP contribution in [0, 0.1) is 17.8 Å². The summed E-state index contributed by atoms with van der Waals surface area (Å²) in [5, 5.41) is 0. The number of hydrogen-bond acceptors (Lipinski definition) is 3. The van der Waals surface area contributed by atoms with Gasteiger partial charge in [-0.2, -0.15) is 0 Å². The molecule has 1 aliphatic carbocycles. The molecular weight excluding hydrogens is 216 g/mol. The van der Waals surface area contributed by atoms with Crippen molar-refractivity contribution in [1.29, 1.82) is 0 Å². The molecule has 88 valence electrons. The van der Waals surface area contributed by atoms with E-state index in [1.54, 1.807) is 25.3 Å². The first-order chi connectivity index (χ1) is 8.24. The SMILES string of the molecule is COC(=O)c1cc(OC)ccc1C#CC1CC1. The standard InChI is InChI=1S/C14H14O3/c1-16-12-8-7-11(6-5-10-3-4-10)13(9-12)14(15)17-2/h7-10H,3-4H2,1-2H3. The number of esters is 1. The van der Waals surface area contributed by atoms with Gasteiger partial charge in [-0.25, -0.2) is 4.79 Å². The van der Waals surface area contributed by atoms with Gasteiger partial charge in [0.2, 0.25) is 0 Å². The highest BCUT2D eigenvalue weighted by molar-refractivity contribution is 5.92. The maximum absolute atomic E-state index is 11.6. The van der Waals surface area contributed by atoms with E-state index < -0.39 is 0 Å². The quantitative estimate of drug-likeness (QED) is 0.577. The lowest BCUT2D eigenvalue weighted by Gasteiger charge is -2.05. The molecule has 3 heteroatoms. The number of ether oxygens (including phenoxy) is 2. The van der Waals surface area contributed by atoms with Crippen LogP contribution < -0.4 is 4.74 Å². The Balaban J connectivity index is 2.36. The molecule has 0 spiro atoms. The first kappa shape index (κ1) is 11.5. The molecule has 0 bridgehead atoms. The molecule has 0 N–H and O–H groups in total. The van der Waals surface area contributed by atoms with Crippen LogP contribution in [0.1, 0.15) is 28.8 Å². The Bertz CT molecular complexity index is 490. The Hall–Kier alpha value is -1.95. The fourth-order valence-corrected chi connectivity index (χ4v) is 1.45. The second-order valence-electron chi connectivity index (χ2n) is 3.95. The van der Waals surface area contributed by atoms with Crippen LogP contribution in [-0.4, -0.2) is 20.2 Å². The average Bonchev–Trinajstić information content (AvgIpc) is 3.19. The molecule has 1 aromatic rings. The van der Waals surface area contributed by atoms with Crippen LogP contribution in [0.4, 0.5) is 0 Å². The lowest BCUT2D eigenvalue weighted by atomic mass is 10.1. The van der Waals surface area contributed by atoms with Crippen LogP contribution >= 0.6 is 0 Å². The van der Waals surface area contributed by atoms with Crippen molar-refractivity contribution < 1.29 is 14.3 Å². The molecule has 1 aromatic carbocycles. The zero-order valence-corrected chi connectivity index (χ0v) is 9.95. The van der Waals surface area contributed by atoms with Crippen molar-refractivity contribution in [3.05, 3.63) is 29.3 Å². The Morgan fingerprint density at radius 1 is 1.35 bits per heavy atom. The van der Waals surface area contributed by atoms with Crippen LogP contribution in [0.25, 0.3) is 0 Å². The third-order valence-corrected chi connectivity index (χ3v) is 2.62. The molecule has 3 nitrogen and oxygen atoms in total. The van der Waals surface area contributed by atoms with Crippen LogP contribution in [0.2, 0.25) is 0 Å². The smallest absolute Gasteiger partial charge is 0.339 e. The minimum atomic E-state index is -0.385. The molecule has 0 aliphatic heterocycles. The van der Waals surface area contributed by atoms with E-state index in [0.717, 1.165) is 12.8 Å². The third kappa shape index (κ3) is 2.79. The summed E-state index contributed by atoms with van der Waals surface area (Å²) in [4.78, 5) is 11.6. The number of rotatable bonds is 2. The van der Waals surface area contributed by atoms with Gasteiger partial charge in [-0.3, -0.25) is 0 Å². The Kier molecular flexibility index (Phi) is 3.34. The predicted molar refractivity (Wildman–Crippen MR) is 63.9 cm³/mol. The van der Waals surface area contributed by atoms with Crippen molar-refractivity contribution >= 4 is 5.97 Å². The monoisotopic (exact) mass is 230 g/mol. The summed E-state index contributed by atoms with van der Waals surface area (Å²) >= 11 is 0. The molecule has 0 saturated heterocycles. The van der Waals surface area contributed by atoms with Crippen molar-refractivity contribution in [3.63, 3.8) is 0 Å². The summed E-state index contributed by atoms with van der Waals surface area (Å²) in [6.45, 7) is 0. The summed E-state index contributed by atoms with van der Waals surface area (Å²) in [5.74, 6) is 6.91. The number of carbonyl (C=O) groups excluding carboxylic acids is 1. The number of hydrogen-bond donors (Lipinski definition) is 0. The maximum atomic E-state index is 11.6. The first-order valence-corrected chi connectivity index (χ1v) is 5.52. The van der Waals surface area contributed by atoms with Crippen LogP contribution in [0.3, 0.4) is 0 Å². The van der Waals surface area contributed by atoms with E-state index in [4.69, 9.17) is 9.47 Å². The molecule has 2 rings (SSSR count). The summed E-state index contributed by atoms with van der Waals surface area (Å²) in [7, 11) is 2.92. The van der Waals surface area contributed by atoms with E-state index in [1.807, 2.05) is 0 Å². The minimum Gasteiger partial charge on any atom is -0.497 e. The molecule has 0 heterocycles.